The topological polar surface area (TPSA) is 53.7 Å². The van der Waals surface area contributed by atoms with Crippen LogP contribution in [0.4, 0.5) is 5.69 Å². The summed E-state index contributed by atoms with van der Waals surface area (Å²) in [7, 11) is 0. The van der Waals surface area contributed by atoms with E-state index >= 15 is 0 Å². The van der Waals surface area contributed by atoms with Crippen molar-refractivity contribution in [1.82, 2.24) is 0 Å². The maximum absolute atomic E-state index is 5.92. The van der Waals surface area contributed by atoms with E-state index in [0.29, 0.717) is 41.9 Å². The minimum absolute atomic E-state index is 0.524. The predicted molar refractivity (Wildman–Crippen MR) is 87.0 cm³/mol. The lowest BCUT2D eigenvalue weighted by molar-refractivity contribution is 0.293. The molecule has 2 aromatic carbocycles. The lowest BCUT2D eigenvalue weighted by atomic mass is 10.2. The molecular weight excluding hydrogens is 286 g/mol. The quantitative estimate of drug-likeness (QED) is 0.622. The fourth-order valence-electron chi connectivity index (χ4n) is 1.88. The van der Waals surface area contributed by atoms with E-state index in [1.807, 2.05) is 26.0 Å². The van der Waals surface area contributed by atoms with Crippen LogP contribution in [0.25, 0.3) is 0 Å². The first-order valence-electron chi connectivity index (χ1n) is 6.80. The zero-order chi connectivity index (χ0) is 15.2. The van der Waals surface area contributed by atoms with Crippen molar-refractivity contribution in [2.75, 3.05) is 18.9 Å². The monoisotopic (exact) mass is 305 g/mol. The summed E-state index contributed by atoms with van der Waals surface area (Å²) in [5.41, 5.74) is 6.41. The van der Waals surface area contributed by atoms with Gasteiger partial charge in [0.15, 0.2) is 11.5 Å². The van der Waals surface area contributed by atoms with E-state index in [9.17, 15) is 0 Å². The number of thiol groups is 1. The standard InChI is InChI=1S/C16H19NO3S/c1-3-18-14-9-13(21)10-15(19-4-2)16(14)20-12-7-5-6-11(17)8-12/h5-10,21H,3-4,17H2,1-2H3. The Kier molecular flexibility index (Phi) is 5.22. The second kappa shape index (κ2) is 7.13. The molecule has 0 aliphatic carbocycles. The average molecular weight is 305 g/mol. The molecule has 0 spiro atoms. The highest BCUT2D eigenvalue weighted by atomic mass is 32.1. The largest absolute Gasteiger partial charge is 0.490 e. The van der Waals surface area contributed by atoms with E-state index in [2.05, 4.69) is 12.6 Å². The molecule has 21 heavy (non-hydrogen) atoms. The Bertz CT molecular complexity index is 589. The normalized spacial score (nSPS) is 10.2. The first kappa shape index (κ1) is 15.4. The van der Waals surface area contributed by atoms with Crippen LogP contribution in [0, 0.1) is 0 Å². The minimum Gasteiger partial charge on any atom is -0.490 e. The third kappa shape index (κ3) is 3.98. The van der Waals surface area contributed by atoms with Crippen LogP contribution in [0.15, 0.2) is 41.3 Å². The van der Waals surface area contributed by atoms with Crippen molar-refractivity contribution in [3.63, 3.8) is 0 Å². The third-order valence-electron chi connectivity index (χ3n) is 2.68. The summed E-state index contributed by atoms with van der Waals surface area (Å²) in [5, 5.41) is 0. The summed E-state index contributed by atoms with van der Waals surface area (Å²) in [6.45, 7) is 4.87. The van der Waals surface area contributed by atoms with E-state index in [-0.39, 0.29) is 0 Å². The van der Waals surface area contributed by atoms with Crippen molar-refractivity contribution < 1.29 is 14.2 Å². The summed E-state index contributed by atoms with van der Waals surface area (Å²) in [6.07, 6.45) is 0. The van der Waals surface area contributed by atoms with Crippen LogP contribution in [0.2, 0.25) is 0 Å². The lowest BCUT2D eigenvalue weighted by Crippen LogP contribution is -2.00. The van der Waals surface area contributed by atoms with E-state index in [0.717, 1.165) is 4.90 Å². The number of ether oxygens (including phenoxy) is 3. The van der Waals surface area contributed by atoms with E-state index < -0.39 is 0 Å². The van der Waals surface area contributed by atoms with Gasteiger partial charge in [0, 0.05) is 16.6 Å². The summed E-state index contributed by atoms with van der Waals surface area (Å²) in [4.78, 5) is 0.752. The Hall–Kier alpha value is -2.01. The first-order valence-corrected chi connectivity index (χ1v) is 7.24. The molecular formula is C16H19NO3S. The third-order valence-corrected chi connectivity index (χ3v) is 2.94. The molecule has 0 amide bonds. The fraction of sp³-hybridized carbons (Fsp3) is 0.250. The maximum atomic E-state index is 5.92. The number of hydrogen-bond donors (Lipinski definition) is 2. The van der Waals surface area contributed by atoms with Gasteiger partial charge in [0.1, 0.15) is 5.75 Å². The highest BCUT2D eigenvalue weighted by Crippen LogP contribution is 2.42. The number of benzene rings is 2. The molecule has 0 unspecified atom stereocenters. The molecule has 5 heteroatoms. The van der Waals surface area contributed by atoms with Crippen LogP contribution in [-0.2, 0) is 0 Å². The minimum atomic E-state index is 0.524. The van der Waals surface area contributed by atoms with Gasteiger partial charge < -0.3 is 19.9 Å². The van der Waals surface area contributed by atoms with Gasteiger partial charge in [-0.2, -0.15) is 0 Å². The Morgan fingerprint density at radius 3 is 2.14 bits per heavy atom. The number of nitrogens with two attached hydrogens (primary N) is 1. The molecule has 4 nitrogen and oxygen atoms in total. The molecule has 2 rings (SSSR count). The second-order valence-corrected chi connectivity index (χ2v) is 4.83. The van der Waals surface area contributed by atoms with Crippen molar-refractivity contribution in [2.24, 2.45) is 0 Å². The number of nitrogen functional groups attached to an aromatic ring is 1. The Balaban J connectivity index is 2.43. The molecule has 0 aliphatic heterocycles. The summed E-state index contributed by atoms with van der Waals surface area (Å²) < 4.78 is 17.2. The van der Waals surface area contributed by atoms with Crippen LogP contribution in [0.5, 0.6) is 23.0 Å². The molecule has 0 heterocycles. The van der Waals surface area contributed by atoms with Crippen molar-refractivity contribution in [3.05, 3.63) is 36.4 Å². The highest BCUT2D eigenvalue weighted by molar-refractivity contribution is 7.80. The van der Waals surface area contributed by atoms with Gasteiger partial charge in [0.2, 0.25) is 5.75 Å². The molecule has 0 bridgehead atoms. The predicted octanol–water partition coefficient (Wildman–Crippen LogP) is 4.15. The van der Waals surface area contributed by atoms with Gasteiger partial charge in [-0.3, -0.25) is 0 Å². The molecule has 0 radical (unpaired) electrons. The van der Waals surface area contributed by atoms with Crippen molar-refractivity contribution in [3.8, 4) is 23.0 Å². The molecule has 0 aromatic heterocycles. The Morgan fingerprint density at radius 2 is 1.62 bits per heavy atom. The van der Waals surface area contributed by atoms with Gasteiger partial charge in [0.25, 0.3) is 0 Å². The molecule has 0 saturated heterocycles. The smallest absolute Gasteiger partial charge is 0.211 e. The fourth-order valence-corrected chi connectivity index (χ4v) is 2.12. The second-order valence-electron chi connectivity index (χ2n) is 4.31. The van der Waals surface area contributed by atoms with E-state index in [1.165, 1.54) is 0 Å². The highest BCUT2D eigenvalue weighted by Gasteiger charge is 2.15. The van der Waals surface area contributed by atoms with Crippen LogP contribution >= 0.6 is 12.6 Å². The van der Waals surface area contributed by atoms with Gasteiger partial charge >= 0.3 is 0 Å². The van der Waals surface area contributed by atoms with Crippen molar-refractivity contribution >= 4 is 18.3 Å². The Morgan fingerprint density at radius 1 is 1.00 bits per heavy atom. The molecule has 0 atom stereocenters. The van der Waals surface area contributed by atoms with Crippen LogP contribution in [0.1, 0.15) is 13.8 Å². The lowest BCUT2D eigenvalue weighted by Gasteiger charge is -2.16. The molecule has 0 saturated carbocycles. The summed E-state index contributed by atoms with van der Waals surface area (Å²) in [6, 6.07) is 10.8. The van der Waals surface area contributed by atoms with Crippen molar-refractivity contribution in [1.29, 1.82) is 0 Å². The first-order chi connectivity index (χ1) is 10.1. The van der Waals surface area contributed by atoms with Crippen LogP contribution in [0.3, 0.4) is 0 Å². The van der Waals surface area contributed by atoms with Gasteiger partial charge in [-0.1, -0.05) is 6.07 Å². The maximum Gasteiger partial charge on any atom is 0.211 e. The molecule has 2 aromatic rings. The SMILES string of the molecule is CCOc1cc(S)cc(OCC)c1Oc1cccc(N)c1. The zero-order valence-corrected chi connectivity index (χ0v) is 13.0. The van der Waals surface area contributed by atoms with Gasteiger partial charge in [-0.25, -0.2) is 0 Å². The molecule has 0 fully saturated rings. The average Bonchev–Trinajstić information content (AvgIpc) is 2.43. The van der Waals surface area contributed by atoms with Crippen LogP contribution < -0.4 is 19.9 Å². The van der Waals surface area contributed by atoms with Crippen molar-refractivity contribution in [2.45, 2.75) is 18.7 Å². The van der Waals surface area contributed by atoms with Gasteiger partial charge in [-0.05, 0) is 38.1 Å². The van der Waals surface area contributed by atoms with Gasteiger partial charge in [0.05, 0.1) is 13.2 Å². The molecule has 112 valence electrons. The zero-order valence-electron chi connectivity index (χ0n) is 12.1. The number of rotatable bonds is 6. The van der Waals surface area contributed by atoms with Gasteiger partial charge in [-0.15, -0.1) is 12.6 Å². The molecule has 2 N–H and O–H groups in total. The summed E-state index contributed by atoms with van der Waals surface area (Å²) >= 11 is 4.36. The molecule has 0 aliphatic rings. The van der Waals surface area contributed by atoms with Crippen LogP contribution in [-0.4, -0.2) is 13.2 Å². The Labute approximate surface area is 130 Å². The van der Waals surface area contributed by atoms with E-state index in [4.69, 9.17) is 19.9 Å². The number of hydrogen-bond acceptors (Lipinski definition) is 5. The van der Waals surface area contributed by atoms with E-state index in [1.54, 1.807) is 24.3 Å². The number of anilines is 1. The summed E-state index contributed by atoms with van der Waals surface area (Å²) in [5.74, 6) is 2.35.